The average Bonchev–Trinajstić information content (AvgIpc) is 4.04. The lowest BCUT2D eigenvalue weighted by Crippen LogP contribution is -2.16. The first-order valence-electron chi connectivity index (χ1n) is 26.2. The van der Waals surface area contributed by atoms with Crippen LogP contribution in [0, 0.1) is 0 Å². The predicted molar refractivity (Wildman–Crippen MR) is 319 cm³/mol. The largest absolute Gasteiger partial charge is 0.456 e. The zero-order valence-electron chi connectivity index (χ0n) is 43.4. The molecule has 0 saturated carbocycles. The zero-order chi connectivity index (χ0) is 51.0. The Morgan fingerprint density at radius 1 is 0.347 bits per heavy atom. The number of anilines is 3. The number of nitrogens with zero attached hydrogens (tertiary/aromatic N) is 2. The maximum atomic E-state index is 6.35. The standard InChI is InChI=1S/C72H58N2O/c1-71(2,3)52-43-51(44-53(46-52)72(4,5)6)58-26-16-19-49-20-17-28-62(69(49)58)59-23-10-13-29-64(59)73(55-38-33-47(34-39-55)50-37-42-61-60-24-12-15-32-67(60)75-68(61)45-50)56-40-35-48(36-41-56)57-27-18-31-66-70(57)63-25-11-14-30-65(63)74(66)54-21-8-7-9-22-54/h7-46H,1-6H3. The molecule has 0 bridgehead atoms. The Balaban J connectivity index is 0.980. The highest BCUT2D eigenvalue weighted by Crippen LogP contribution is 2.47. The summed E-state index contributed by atoms with van der Waals surface area (Å²) in [6.07, 6.45) is 0. The van der Waals surface area contributed by atoms with Gasteiger partial charge in [0.2, 0.25) is 0 Å². The van der Waals surface area contributed by atoms with Crippen molar-refractivity contribution < 1.29 is 4.42 Å². The average molecular weight is 967 g/mol. The van der Waals surface area contributed by atoms with E-state index in [0.29, 0.717) is 0 Å². The van der Waals surface area contributed by atoms with Gasteiger partial charge in [-0.15, -0.1) is 0 Å². The number of hydrogen-bond donors (Lipinski definition) is 0. The number of hydrogen-bond acceptors (Lipinski definition) is 2. The molecule has 0 spiro atoms. The number of benzene rings is 11. The molecule has 0 fully saturated rings. The second kappa shape index (κ2) is 17.9. The highest BCUT2D eigenvalue weighted by atomic mass is 16.3. The van der Waals surface area contributed by atoms with Crippen molar-refractivity contribution in [2.24, 2.45) is 0 Å². The van der Waals surface area contributed by atoms with Gasteiger partial charge in [-0.1, -0.05) is 211 Å². The highest BCUT2D eigenvalue weighted by molar-refractivity contribution is 6.16. The zero-order valence-corrected chi connectivity index (χ0v) is 43.4. The van der Waals surface area contributed by atoms with Crippen LogP contribution >= 0.6 is 0 Å². The molecule has 0 aliphatic rings. The first-order valence-corrected chi connectivity index (χ1v) is 26.2. The molecule has 0 aliphatic carbocycles. The Morgan fingerprint density at radius 3 is 1.59 bits per heavy atom. The summed E-state index contributed by atoms with van der Waals surface area (Å²) in [6, 6.07) is 89.1. The van der Waals surface area contributed by atoms with Crippen molar-refractivity contribution in [1.29, 1.82) is 0 Å². The Bertz CT molecular complexity index is 4260. The lowest BCUT2D eigenvalue weighted by molar-refractivity contribution is 0.569. The molecule has 75 heavy (non-hydrogen) atoms. The molecule has 11 aromatic carbocycles. The summed E-state index contributed by atoms with van der Waals surface area (Å²) in [7, 11) is 0. The van der Waals surface area contributed by atoms with Gasteiger partial charge in [-0.25, -0.2) is 0 Å². The fourth-order valence-corrected chi connectivity index (χ4v) is 11.4. The van der Waals surface area contributed by atoms with Gasteiger partial charge in [-0.3, -0.25) is 0 Å². The summed E-state index contributed by atoms with van der Waals surface area (Å²) >= 11 is 0. The van der Waals surface area contributed by atoms with Gasteiger partial charge in [0, 0.05) is 44.2 Å². The van der Waals surface area contributed by atoms with Crippen LogP contribution in [0.2, 0.25) is 0 Å². The van der Waals surface area contributed by atoms with Crippen LogP contribution in [0.5, 0.6) is 0 Å². The van der Waals surface area contributed by atoms with E-state index in [-0.39, 0.29) is 10.8 Å². The molecule has 0 radical (unpaired) electrons. The van der Waals surface area contributed by atoms with Crippen LogP contribution in [0.15, 0.2) is 247 Å². The molecule has 13 aromatic rings. The highest BCUT2D eigenvalue weighted by Gasteiger charge is 2.25. The fraction of sp³-hybridized carbons (Fsp3) is 0.111. The van der Waals surface area contributed by atoms with Crippen molar-refractivity contribution in [3.8, 4) is 50.2 Å². The molecule has 13 rings (SSSR count). The van der Waals surface area contributed by atoms with Gasteiger partial charge in [-0.2, -0.15) is 0 Å². The van der Waals surface area contributed by atoms with E-state index < -0.39 is 0 Å². The van der Waals surface area contributed by atoms with Crippen molar-refractivity contribution in [3.63, 3.8) is 0 Å². The number of furan rings is 1. The van der Waals surface area contributed by atoms with Crippen LogP contribution in [0.4, 0.5) is 17.1 Å². The van der Waals surface area contributed by atoms with Crippen LogP contribution in [0.3, 0.4) is 0 Å². The summed E-state index contributed by atoms with van der Waals surface area (Å²) in [5.74, 6) is 0. The smallest absolute Gasteiger partial charge is 0.136 e. The van der Waals surface area contributed by atoms with Gasteiger partial charge in [-0.05, 0) is 144 Å². The minimum atomic E-state index is -0.0185. The molecule has 362 valence electrons. The minimum Gasteiger partial charge on any atom is -0.456 e. The molecule has 0 saturated heterocycles. The third-order valence-corrected chi connectivity index (χ3v) is 15.3. The van der Waals surface area contributed by atoms with Gasteiger partial charge >= 0.3 is 0 Å². The van der Waals surface area contributed by atoms with Crippen molar-refractivity contribution in [1.82, 2.24) is 4.57 Å². The molecular weight excluding hydrogens is 909 g/mol. The maximum absolute atomic E-state index is 6.35. The van der Waals surface area contributed by atoms with Crippen LogP contribution in [-0.2, 0) is 10.8 Å². The molecule has 3 heteroatoms. The normalized spacial score (nSPS) is 12.1. The van der Waals surface area contributed by atoms with E-state index in [4.69, 9.17) is 4.42 Å². The number of aromatic nitrogens is 1. The summed E-state index contributed by atoms with van der Waals surface area (Å²) < 4.78 is 8.75. The fourth-order valence-electron chi connectivity index (χ4n) is 11.4. The van der Waals surface area contributed by atoms with Crippen molar-refractivity contribution in [2.45, 2.75) is 52.4 Å². The van der Waals surface area contributed by atoms with E-state index in [1.807, 2.05) is 12.1 Å². The van der Waals surface area contributed by atoms with Crippen LogP contribution in [0.1, 0.15) is 52.7 Å². The maximum Gasteiger partial charge on any atom is 0.136 e. The lowest BCUT2D eigenvalue weighted by Gasteiger charge is -2.29. The van der Waals surface area contributed by atoms with Crippen LogP contribution in [0.25, 0.3) is 105 Å². The molecule has 2 aromatic heterocycles. The molecule has 3 nitrogen and oxygen atoms in total. The third kappa shape index (κ3) is 8.07. The summed E-state index contributed by atoms with van der Waals surface area (Å²) in [5, 5.41) is 7.20. The number of rotatable bonds is 8. The first-order chi connectivity index (χ1) is 36.5. The van der Waals surface area contributed by atoms with E-state index in [9.17, 15) is 0 Å². The Hall–Kier alpha value is -8.92. The monoisotopic (exact) mass is 966 g/mol. The number of para-hydroxylation sites is 4. The lowest BCUT2D eigenvalue weighted by atomic mass is 9.78. The van der Waals surface area contributed by atoms with E-state index in [0.717, 1.165) is 66.9 Å². The van der Waals surface area contributed by atoms with Gasteiger partial charge < -0.3 is 13.9 Å². The molecule has 0 aliphatic heterocycles. The molecule has 0 atom stereocenters. The summed E-state index contributed by atoms with van der Waals surface area (Å²) in [4.78, 5) is 2.44. The Morgan fingerprint density at radius 2 is 0.880 bits per heavy atom. The Labute approximate surface area is 439 Å². The van der Waals surface area contributed by atoms with Gasteiger partial charge in [0.1, 0.15) is 11.2 Å². The SMILES string of the molecule is CC(C)(C)c1cc(-c2cccc3cccc(-c4ccccc4N(c4ccc(-c5ccc6c(c5)oc5ccccc56)cc4)c4ccc(-c5cccc6c5c5ccccc5n6-c5ccccc5)cc4)c23)cc(C(C)(C)C)c1. The van der Waals surface area contributed by atoms with Crippen LogP contribution in [-0.4, -0.2) is 4.57 Å². The van der Waals surface area contributed by atoms with Crippen LogP contribution < -0.4 is 4.90 Å². The van der Waals surface area contributed by atoms with Crippen molar-refractivity contribution in [3.05, 3.63) is 254 Å². The summed E-state index contributed by atoms with van der Waals surface area (Å²) in [5.41, 5.74) is 20.6. The van der Waals surface area contributed by atoms with E-state index in [1.165, 1.54) is 66.0 Å². The van der Waals surface area contributed by atoms with Gasteiger partial charge in [0.05, 0.1) is 16.7 Å². The topological polar surface area (TPSA) is 21.3 Å². The van der Waals surface area contributed by atoms with E-state index in [2.05, 4.69) is 282 Å². The molecule has 2 heterocycles. The van der Waals surface area contributed by atoms with E-state index in [1.54, 1.807) is 0 Å². The van der Waals surface area contributed by atoms with E-state index >= 15 is 0 Å². The second-order valence-electron chi connectivity index (χ2n) is 22.2. The second-order valence-corrected chi connectivity index (χ2v) is 22.2. The molecular formula is C72H58N2O. The quantitative estimate of drug-likeness (QED) is 0.151. The van der Waals surface area contributed by atoms with Crippen molar-refractivity contribution in [2.75, 3.05) is 4.90 Å². The molecule has 0 amide bonds. The number of fused-ring (bicyclic) bond motifs is 7. The summed E-state index contributed by atoms with van der Waals surface area (Å²) in [6.45, 7) is 13.9. The van der Waals surface area contributed by atoms with Crippen molar-refractivity contribution >= 4 is 71.6 Å². The molecule has 0 unspecified atom stereocenters. The Kier molecular flexibility index (Phi) is 11.0. The first kappa shape index (κ1) is 45.9. The minimum absolute atomic E-state index is 0.0185. The van der Waals surface area contributed by atoms with Gasteiger partial charge in [0.15, 0.2) is 0 Å². The molecule has 0 N–H and O–H groups in total. The van der Waals surface area contributed by atoms with Gasteiger partial charge in [0.25, 0.3) is 0 Å². The predicted octanol–water partition coefficient (Wildman–Crippen LogP) is 20.6. The third-order valence-electron chi connectivity index (χ3n) is 15.3.